The van der Waals surface area contributed by atoms with Crippen LogP contribution in [-0.4, -0.2) is 20.8 Å². The van der Waals surface area contributed by atoms with Crippen LogP contribution in [0.1, 0.15) is 38.8 Å². The highest BCUT2D eigenvalue weighted by atomic mass is 16.5. The molecule has 0 spiro atoms. The van der Waals surface area contributed by atoms with Crippen molar-refractivity contribution in [2.45, 2.75) is 33.2 Å². The van der Waals surface area contributed by atoms with E-state index < -0.39 is 0 Å². The van der Waals surface area contributed by atoms with E-state index in [9.17, 15) is 0 Å². The van der Waals surface area contributed by atoms with Gasteiger partial charge in [0.25, 0.3) is 0 Å². The first-order valence-corrected chi connectivity index (χ1v) is 6.58. The first-order valence-electron chi connectivity index (χ1n) is 6.58. The predicted octanol–water partition coefficient (Wildman–Crippen LogP) is 3.40. The Labute approximate surface area is 110 Å². The fourth-order valence-corrected chi connectivity index (χ4v) is 2.05. The molecule has 0 aliphatic heterocycles. The van der Waals surface area contributed by atoms with Crippen molar-refractivity contribution < 1.29 is 9.47 Å². The molecule has 1 N–H and O–H groups in total. The van der Waals surface area contributed by atoms with Crippen LogP contribution in [0.2, 0.25) is 0 Å². The Balaban J connectivity index is 3.02. The van der Waals surface area contributed by atoms with Gasteiger partial charge in [-0.25, -0.2) is 0 Å². The van der Waals surface area contributed by atoms with Crippen LogP contribution >= 0.6 is 0 Å². The minimum atomic E-state index is 0.328. The van der Waals surface area contributed by atoms with Gasteiger partial charge in [-0.15, -0.1) is 0 Å². The quantitative estimate of drug-likeness (QED) is 0.805. The molecular weight excluding hydrogens is 226 g/mol. The third-order valence-corrected chi connectivity index (χ3v) is 3.01. The Morgan fingerprint density at radius 1 is 1.06 bits per heavy atom. The zero-order chi connectivity index (χ0) is 13.5. The molecule has 1 rings (SSSR count). The van der Waals surface area contributed by atoms with Gasteiger partial charge < -0.3 is 14.8 Å². The lowest BCUT2D eigenvalue weighted by atomic mass is 9.95. The molecule has 0 aliphatic carbocycles. The van der Waals surface area contributed by atoms with Gasteiger partial charge in [-0.1, -0.05) is 20.8 Å². The summed E-state index contributed by atoms with van der Waals surface area (Å²) in [5, 5.41) is 3.58. The Morgan fingerprint density at radius 3 is 2.00 bits per heavy atom. The average Bonchev–Trinajstić information content (AvgIpc) is 2.38. The molecule has 1 aromatic carbocycles. The first kappa shape index (κ1) is 14.8. The molecule has 0 saturated carbocycles. The van der Waals surface area contributed by atoms with Gasteiger partial charge >= 0.3 is 0 Å². The summed E-state index contributed by atoms with van der Waals surface area (Å²) in [6, 6.07) is 6.39. The summed E-state index contributed by atoms with van der Waals surface area (Å²) in [5.41, 5.74) is 1.22. The molecule has 102 valence electrons. The maximum absolute atomic E-state index is 5.32. The zero-order valence-electron chi connectivity index (χ0n) is 12.1. The van der Waals surface area contributed by atoms with Crippen LogP contribution in [0.3, 0.4) is 0 Å². The topological polar surface area (TPSA) is 30.5 Å². The van der Waals surface area contributed by atoms with Gasteiger partial charge in [0, 0.05) is 12.1 Å². The summed E-state index contributed by atoms with van der Waals surface area (Å²) in [4.78, 5) is 0. The average molecular weight is 251 g/mol. The molecule has 18 heavy (non-hydrogen) atoms. The smallest absolute Gasteiger partial charge is 0.122 e. The van der Waals surface area contributed by atoms with E-state index in [1.807, 2.05) is 6.07 Å². The maximum Gasteiger partial charge on any atom is 0.122 e. The highest BCUT2D eigenvalue weighted by Crippen LogP contribution is 2.29. The third-order valence-electron chi connectivity index (χ3n) is 3.01. The van der Waals surface area contributed by atoms with Gasteiger partial charge in [-0.3, -0.25) is 0 Å². The fourth-order valence-electron chi connectivity index (χ4n) is 2.05. The first-order chi connectivity index (χ1) is 8.62. The van der Waals surface area contributed by atoms with E-state index in [4.69, 9.17) is 9.47 Å². The van der Waals surface area contributed by atoms with E-state index in [2.05, 4.69) is 38.2 Å². The third kappa shape index (κ3) is 3.91. The Hall–Kier alpha value is -1.22. The molecule has 0 aromatic heterocycles. The number of nitrogens with one attached hydrogen (secondary N) is 1. The molecule has 0 saturated heterocycles. The molecule has 0 radical (unpaired) electrons. The summed E-state index contributed by atoms with van der Waals surface area (Å²) in [6.45, 7) is 7.64. The zero-order valence-corrected chi connectivity index (χ0v) is 12.1. The van der Waals surface area contributed by atoms with Crippen molar-refractivity contribution in [1.82, 2.24) is 5.32 Å². The Bertz CT molecular complexity index is 341. The van der Waals surface area contributed by atoms with E-state index in [1.54, 1.807) is 14.2 Å². The number of ether oxygens (including phenoxy) is 2. The van der Waals surface area contributed by atoms with Crippen LogP contribution in [0.15, 0.2) is 18.2 Å². The molecule has 0 heterocycles. The molecule has 0 amide bonds. The molecule has 3 heteroatoms. The number of hydrogen-bond donors (Lipinski definition) is 1. The molecular formula is C15H25NO2. The van der Waals surface area contributed by atoms with Gasteiger partial charge in [0.2, 0.25) is 0 Å². The van der Waals surface area contributed by atoms with Crippen molar-refractivity contribution >= 4 is 0 Å². The van der Waals surface area contributed by atoms with Gasteiger partial charge in [0.05, 0.1) is 14.2 Å². The fraction of sp³-hybridized carbons (Fsp3) is 0.600. The minimum Gasteiger partial charge on any atom is -0.497 e. The van der Waals surface area contributed by atoms with Crippen molar-refractivity contribution in [3.05, 3.63) is 23.8 Å². The Morgan fingerprint density at radius 2 is 1.61 bits per heavy atom. The molecule has 0 fully saturated rings. The molecule has 3 nitrogen and oxygen atoms in total. The summed E-state index contributed by atoms with van der Waals surface area (Å²) >= 11 is 0. The minimum absolute atomic E-state index is 0.328. The van der Waals surface area contributed by atoms with E-state index in [-0.39, 0.29) is 0 Å². The van der Waals surface area contributed by atoms with E-state index in [1.165, 1.54) is 5.56 Å². The predicted molar refractivity (Wildman–Crippen MR) is 75.4 cm³/mol. The van der Waals surface area contributed by atoms with Crippen molar-refractivity contribution in [3.63, 3.8) is 0 Å². The summed E-state index contributed by atoms with van der Waals surface area (Å²) in [6.07, 6.45) is 1.13. The van der Waals surface area contributed by atoms with E-state index in [0.29, 0.717) is 12.0 Å². The van der Waals surface area contributed by atoms with E-state index in [0.717, 1.165) is 24.5 Å². The van der Waals surface area contributed by atoms with Crippen LogP contribution in [0.5, 0.6) is 11.5 Å². The van der Waals surface area contributed by atoms with Crippen molar-refractivity contribution in [3.8, 4) is 11.5 Å². The van der Waals surface area contributed by atoms with Crippen molar-refractivity contribution in [1.29, 1.82) is 0 Å². The van der Waals surface area contributed by atoms with Gasteiger partial charge in [0.15, 0.2) is 0 Å². The lowest BCUT2D eigenvalue weighted by Gasteiger charge is -2.23. The second-order valence-electron chi connectivity index (χ2n) is 4.82. The van der Waals surface area contributed by atoms with Crippen molar-refractivity contribution in [2.75, 3.05) is 20.8 Å². The summed E-state index contributed by atoms with van der Waals surface area (Å²) in [7, 11) is 3.37. The number of methoxy groups -OCH3 is 2. The number of rotatable bonds is 7. The number of benzene rings is 1. The van der Waals surface area contributed by atoms with Gasteiger partial charge in [-0.05, 0) is 36.6 Å². The maximum atomic E-state index is 5.32. The monoisotopic (exact) mass is 251 g/mol. The highest BCUT2D eigenvalue weighted by Gasteiger charge is 2.16. The summed E-state index contributed by atoms with van der Waals surface area (Å²) < 4.78 is 10.6. The van der Waals surface area contributed by atoms with Crippen LogP contribution < -0.4 is 14.8 Å². The lowest BCUT2D eigenvalue weighted by molar-refractivity contribution is 0.382. The van der Waals surface area contributed by atoms with E-state index >= 15 is 0 Å². The highest BCUT2D eigenvalue weighted by molar-refractivity contribution is 5.40. The summed E-state index contributed by atoms with van der Waals surface area (Å²) in [5.74, 6) is 2.20. The van der Waals surface area contributed by atoms with Crippen molar-refractivity contribution in [2.24, 2.45) is 5.92 Å². The standard InChI is InChI=1S/C15H25NO2/c1-6-7-16-15(11(2)3)12-8-13(17-4)10-14(9-12)18-5/h8-11,15-16H,6-7H2,1-5H3. The normalized spacial score (nSPS) is 12.6. The van der Waals surface area contributed by atoms with Crippen LogP contribution in [0.4, 0.5) is 0 Å². The largest absolute Gasteiger partial charge is 0.497 e. The molecule has 1 atom stereocenters. The van der Waals surface area contributed by atoms with Crippen LogP contribution in [0.25, 0.3) is 0 Å². The molecule has 0 bridgehead atoms. The molecule has 1 unspecified atom stereocenters. The lowest BCUT2D eigenvalue weighted by Crippen LogP contribution is -2.26. The number of hydrogen-bond acceptors (Lipinski definition) is 3. The SMILES string of the molecule is CCCNC(c1cc(OC)cc(OC)c1)C(C)C. The van der Waals surface area contributed by atoms with Crippen LogP contribution in [0, 0.1) is 5.92 Å². The molecule has 1 aromatic rings. The van der Waals surface area contributed by atoms with Gasteiger partial charge in [-0.2, -0.15) is 0 Å². The second-order valence-corrected chi connectivity index (χ2v) is 4.82. The van der Waals surface area contributed by atoms with Gasteiger partial charge in [0.1, 0.15) is 11.5 Å². The second kappa shape index (κ2) is 7.27. The Kier molecular flexibility index (Phi) is 5.99. The molecule has 0 aliphatic rings. The van der Waals surface area contributed by atoms with Crippen LogP contribution in [-0.2, 0) is 0 Å².